The lowest BCUT2D eigenvalue weighted by Crippen LogP contribution is -2.29. The normalized spacial score (nSPS) is 10.9. The third-order valence-corrected chi connectivity index (χ3v) is 6.12. The van der Waals surface area contributed by atoms with Gasteiger partial charge in [-0.25, -0.2) is 13.6 Å². The van der Waals surface area contributed by atoms with Crippen molar-refractivity contribution < 1.29 is 32.6 Å². The number of benzene rings is 2. The number of aryl methyl sites for hydroxylation is 1. The SMILES string of the molecule is CCOC(CCNC(=O)c1c[nH]c(-c2cc(Oc3ccc(NC(=O)Nc4cc(C)ccc4F)c(F)c3)ccn2)c1)OCC. The van der Waals surface area contributed by atoms with Crippen LogP contribution in [0.15, 0.2) is 67.0 Å². The molecular formula is C31H33F2N5O5. The van der Waals surface area contributed by atoms with E-state index in [1.807, 2.05) is 13.8 Å². The Balaban J connectivity index is 1.35. The second kappa shape index (κ2) is 14.9. The molecule has 43 heavy (non-hydrogen) atoms. The smallest absolute Gasteiger partial charge is 0.323 e. The number of anilines is 2. The number of H-pyrrole nitrogens is 1. The summed E-state index contributed by atoms with van der Waals surface area (Å²) in [5, 5.41) is 7.58. The van der Waals surface area contributed by atoms with Crippen LogP contribution in [0.4, 0.5) is 25.0 Å². The maximum atomic E-state index is 14.8. The van der Waals surface area contributed by atoms with E-state index >= 15 is 0 Å². The Morgan fingerprint density at radius 1 is 0.907 bits per heavy atom. The molecular weight excluding hydrogens is 560 g/mol. The fraction of sp³-hybridized carbons (Fsp3) is 0.258. The molecule has 0 saturated carbocycles. The van der Waals surface area contributed by atoms with Gasteiger partial charge in [0.05, 0.1) is 28.3 Å². The molecule has 10 nitrogen and oxygen atoms in total. The van der Waals surface area contributed by atoms with Crippen molar-refractivity contribution in [3.8, 4) is 22.9 Å². The summed E-state index contributed by atoms with van der Waals surface area (Å²) in [6.45, 7) is 6.94. The van der Waals surface area contributed by atoms with Gasteiger partial charge in [-0.15, -0.1) is 0 Å². The van der Waals surface area contributed by atoms with E-state index in [-0.39, 0.29) is 29.3 Å². The number of nitrogens with zero attached hydrogens (tertiary/aromatic N) is 1. The van der Waals surface area contributed by atoms with Crippen LogP contribution in [-0.2, 0) is 9.47 Å². The number of rotatable bonds is 13. The van der Waals surface area contributed by atoms with Gasteiger partial charge in [-0.3, -0.25) is 9.78 Å². The van der Waals surface area contributed by atoms with Crippen molar-refractivity contribution >= 4 is 23.3 Å². The third kappa shape index (κ3) is 8.84. The highest BCUT2D eigenvalue weighted by Crippen LogP contribution is 2.28. The molecule has 2 aromatic carbocycles. The quantitative estimate of drug-likeness (QED) is 0.129. The number of urea groups is 1. The zero-order chi connectivity index (χ0) is 30.8. The van der Waals surface area contributed by atoms with Gasteiger partial charge in [-0.05, 0) is 62.7 Å². The topological polar surface area (TPSA) is 127 Å². The van der Waals surface area contributed by atoms with E-state index in [4.69, 9.17) is 14.2 Å². The summed E-state index contributed by atoms with van der Waals surface area (Å²) < 4.78 is 45.5. The van der Waals surface area contributed by atoms with E-state index in [2.05, 4.69) is 25.9 Å². The predicted octanol–water partition coefficient (Wildman–Crippen LogP) is 6.62. The van der Waals surface area contributed by atoms with Crippen LogP contribution in [0.5, 0.6) is 11.5 Å². The fourth-order valence-corrected chi connectivity index (χ4v) is 4.09. The molecule has 0 aliphatic rings. The van der Waals surface area contributed by atoms with Gasteiger partial charge in [-0.2, -0.15) is 0 Å². The molecule has 0 unspecified atom stereocenters. The standard InChI is InChI=1S/C31H33F2N5O5/c1-4-41-29(42-5-2)11-13-35-30(39)20-15-27(36-18-20)28-17-22(10-12-34-28)43-21-7-9-25(24(33)16-21)37-31(40)38-26-14-19(3)6-8-23(26)32/h6-10,12,14-18,29,36H,4-5,11,13H2,1-3H3,(H,35,39)(H2,37,38,40). The summed E-state index contributed by atoms with van der Waals surface area (Å²) in [5.41, 5.74) is 2.13. The summed E-state index contributed by atoms with van der Waals surface area (Å²) in [7, 11) is 0. The minimum Gasteiger partial charge on any atom is -0.457 e. The number of halogens is 2. The van der Waals surface area contributed by atoms with Crippen molar-refractivity contribution in [1.29, 1.82) is 0 Å². The third-order valence-electron chi connectivity index (χ3n) is 6.12. The number of aromatic amines is 1. The summed E-state index contributed by atoms with van der Waals surface area (Å²) in [5.74, 6) is -1.07. The van der Waals surface area contributed by atoms with Gasteiger partial charge in [-0.1, -0.05) is 6.07 Å². The Labute approximate surface area is 247 Å². The summed E-state index contributed by atoms with van der Waals surface area (Å²) in [6, 6.07) is 12.3. The van der Waals surface area contributed by atoms with Gasteiger partial charge in [0.15, 0.2) is 6.29 Å². The first-order chi connectivity index (χ1) is 20.7. The number of carbonyl (C=O) groups excluding carboxylic acids is 2. The van der Waals surface area contributed by atoms with Crippen molar-refractivity contribution in [2.75, 3.05) is 30.4 Å². The average Bonchev–Trinajstić information content (AvgIpc) is 3.48. The van der Waals surface area contributed by atoms with Crippen molar-refractivity contribution in [2.45, 2.75) is 33.5 Å². The second-order valence-electron chi connectivity index (χ2n) is 9.37. The summed E-state index contributed by atoms with van der Waals surface area (Å²) >= 11 is 0. The molecule has 4 N–H and O–H groups in total. The van der Waals surface area contributed by atoms with E-state index in [1.54, 1.807) is 37.4 Å². The molecule has 0 aliphatic carbocycles. The molecule has 226 valence electrons. The number of pyridine rings is 1. The molecule has 2 heterocycles. The Bertz CT molecular complexity index is 1560. The van der Waals surface area contributed by atoms with Gasteiger partial charge in [0.25, 0.3) is 5.91 Å². The Hall–Kier alpha value is -4.81. The van der Waals surface area contributed by atoms with Gasteiger partial charge in [0, 0.05) is 50.7 Å². The molecule has 0 bridgehead atoms. The van der Waals surface area contributed by atoms with Crippen LogP contribution in [0.25, 0.3) is 11.4 Å². The number of amides is 3. The number of hydrogen-bond donors (Lipinski definition) is 4. The highest BCUT2D eigenvalue weighted by atomic mass is 19.1. The van der Waals surface area contributed by atoms with Gasteiger partial charge >= 0.3 is 6.03 Å². The molecule has 0 atom stereocenters. The first kappa shape index (κ1) is 31.1. The van der Waals surface area contributed by atoms with Gasteiger partial charge in [0.1, 0.15) is 23.1 Å². The maximum Gasteiger partial charge on any atom is 0.323 e. The van der Waals surface area contributed by atoms with Crippen molar-refractivity contribution in [1.82, 2.24) is 15.3 Å². The van der Waals surface area contributed by atoms with Crippen LogP contribution in [0, 0.1) is 18.6 Å². The lowest BCUT2D eigenvalue weighted by atomic mass is 10.2. The van der Waals surface area contributed by atoms with Crippen LogP contribution < -0.4 is 20.7 Å². The molecule has 4 aromatic rings. The molecule has 3 amide bonds. The Morgan fingerprint density at radius 2 is 1.65 bits per heavy atom. The van der Waals surface area contributed by atoms with Crippen LogP contribution in [0.3, 0.4) is 0 Å². The number of nitrogens with one attached hydrogen (secondary N) is 4. The van der Waals surface area contributed by atoms with E-state index in [9.17, 15) is 18.4 Å². The molecule has 0 spiro atoms. The first-order valence-electron chi connectivity index (χ1n) is 13.7. The van der Waals surface area contributed by atoms with E-state index in [0.717, 1.165) is 11.6 Å². The number of ether oxygens (including phenoxy) is 3. The van der Waals surface area contributed by atoms with E-state index < -0.39 is 17.7 Å². The largest absolute Gasteiger partial charge is 0.457 e. The van der Waals surface area contributed by atoms with Crippen LogP contribution in [0.2, 0.25) is 0 Å². The highest BCUT2D eigenvalue weighted by molar-refractivity contribution is 6.00. The van der Waals surface area contributed by atoms with Crippen molar-refractivity contribution in [3.63, 3.8) is 0 Å². The maximum absolute atomic E-state index is 14.8. The predicted molar refractivity (Wildman–Crippen MR) is 158 cm³/mol. The molecule has 0 fully saturated rings. The lowest BCUT2D eigenvalue weighted by molar-refractivity contribution is -0.138. The zero-order valence-electron chi connectivity index (χ0n) is 24.0. The highest BCUT2D eigenvalue weighted by Gasteiger charge is 2.14. The van der Waals surface area contributed by atoms with Crippen LogP contribution in [0.1, 0.15) is 36.2 Å². The van der Waals surface area contributed by atoms with Crippen LogP contribution >= 0.6 is 0 Å². The van der Waals surface area contributed by atoms with Gasteiger partial charge < -0.3 is 35.1 Å². The number of hydrogen-bond acceptors (Lipinski definition) is 6. The van der Waals surface area contributed by atoms with E-state index in [0.29, 0.717) is 48.9 Å². The minimum absolute atomic E-state index is 0.0191. The number of carbonyl (C=O) groups is 2. The van der Waals surface area contributed by atoms with Crippen LogP contribution in [-0.4, -0.2) is 48.0 Å². The van der Waals surface area contributed by atoms with Crippen molar-refractivity contribution in [3.05, 3.63) is 89.8 Å². The zero-order valence-corrected chi connectivity index (χ0v) is 24.0. The first-order valence-corrected chi connectivity index (χ1v) is 13.7. The molecule has 0 saturated heterocycles. The number of aromatic nitrogens is 2. The summed E-state index contributed by atoms with van der Waals surface area (Å²) in [6.07, 6.45) is 3.24. The molecule has 4 rings (SSSR count). The molecule has 2 aromatic heterocycles. The fourth-order valence-electron chi connectivity index (χ4n) is 4.09. The molecule has 0 radical (unpaired) electrons. The average molecular weight is 594 g/mol. The monoisotopic (exact) mass is 593 g/mol. The summed E-state index contributed by atoms with van der Waals surface area (Å²) in [4.78, 5) is 32.2. The lowest BCUT2D eigenvalue weighted by Gasteiger charge is -2.16. The molecule has 12 heteroatoms. The van der Waals surface area contributed by atoms with Crippen molar-refractivity contribution in [2.24, 2.45) is 0 Å². The molecule has 0 aliphatic heterocycles. The Kier molecular flexibility index (Phi) is 10.8. The Morgan fingerprint density at radius 3 is 2.40 bits per heavy atom. The van der Waals surface area contributed by atoms with Gasteiger partial charge in [0.2, 0.25) is 0 Å². The second-order valence-corrected chi connectivity index (χ2v) is 9.37. The van der Waals surface area contributed by atoms with E-state index in [1.165, 1.54) is 30.5 Å². The minimum atomic E-state index is -0.796.